The van der Waals surface area contributed by atoms with Gasteiger partial charge in [-0.2, -0.15) is 0 Å². The Labute approximate surface area is 108 Å². The molecule has 0 aliphatic carbocycles. The van der Waals surface area contributed by atoms with Crippen LogP contribution in [0, 0.1) is 0 Å². The number of rotatable bonds is 6. The topological polar surface area (TPSA) is 75.6 Å². The molecule has 1 aromatic carbocycles. The molecule has 0 saturated heterocycles. The van der Waals surface area contributed by atoms with E-state index in [1.54, 1.807) is 26.0 Å². The molecule has 0 saturated carbocycles. The molecule has 1 aromatic rings. The predicted octanol–water partition coefficient (Wildman–Crippen LogP) is 1.13. The van der Waals surface area contributed by atoms with Gasteiger partial charge >= 0.3 is 0 Å². The smallest absolute Gasteiger partial charge is 0.240 e. The summed E-state index contributed by atoms with van der Waals surface area (Å²) in [5.41, 5.74) is -1.04. The molecular formula is C12H19NO4S. The van der Waals surface area contributed by atoms with Crippen LogP contribution in [0.4, 0.5) is 0 Å². The Balaban J connectivity index is 2.80. The second-order valence-electron chi connectivity index (χ2n) is 4.35. The molecule has 0 aromatic heterocycles. The molecular weight excluding hydrogens is 254 g/mol. The SMILES string of the molecule is CCC(C)(O)CNS(=O)(=O)c1ccc(OC)cc1. The van der Waals surface area contributed by atoms with Gasteiger partial charge in [-0.25, -0.2) is 13.1 Å². The van der Waals surface area contributed by atoms with Crippen LogP contribution < -0.4 is 9.46 Å². The van der Waals surface area contributed by atoms with Crippen LogP contribution in [-0.2, 0) is 10.0 Å². The number of hydrogen-bond acceptors (Lipinski definition) is 4. The predicted molar refractivity (Wildman–Crippen MR) is 69.1 cm³/mol. The summed E-state index contributed by atoms with van der Waals surface area (Å²) in [4.78, 5) is 0.148. The lowest BCUT2D eigenvalue weighted by atomic mass is 10.1. The molecule has 0 spiro atoms. The zero-order chi connectivity index (χ0) is 13.8. The van der Waals surface area contributed by atoms with Crippen LogP contribution in [0.2, 0.25) is 0 Å². The molecule has 1 rings (SSSR count). The van der Waals surface area contributed by atoms with Crippen LogP contribution in [-0.4, -0.2) is 32.8 Å². The van der Waals surface area contributed by atoms with Crippen molar-refractivity contribution in [3.8, 4) is 5.75 Å². The Hall–Kier alpha value is -1.11. The number of nitrogens with one attached hydrogen (secondary N) is 1. The van der Waals surface area contributed by atoms with E-state index in [-0.39, 0.29) is 11.4 Å². The van der Waals surface area contributed by atoms with Gasteiger partial charge in [-0.1, -0.05) is 6.92 Å². The maximum absolute atomic E-state index is 11.9. The molecule has 0 aliphatic rings. The third-order valence-corrected chi connectivity index (χ3v) is 4.19. The fourth-order valence-electron chi connectivity index (χ4n) is 1.21. The molecule has 0 amide bonds. The summed E-state index contributed by atoms with van der Waals surface area (Å²) in [6.45, 7) is 3.36. The molecule has 1 atom stereocenters. The van der Waals surface area contributed by atoms with E-state index in [0.29, 0.717) is 12.2 Å². The van der Waals surface area contributed by atoms with Crippen LogP contribution in [0.1, 0.15) is 20.3 Å². The summed E-state index contributed by atoms with van der Waals surface area (Å²) < 4.78 is 31.2. The normalized spacial score (nSPS) is 15.1. The lowest BCUT2D eigenvalue weighted by Crippen LogP contribution is -2.40. The zero-order valence-corrected chi connectivity index (χ0v) is 11.6. The van der Waals surface area contributed by atoms with Gasteiger partial charge in [-0.05, 0) is 37.6 Å². The van der Waals surface area contributed by atoms with Crippen LogP contribution in [0.3, 0.4) is 0 Å². The minimum absolute atomic E-state index is 0.0160. The van der Waals surface area contributed by atoms with Crippen LogP contribution >= 0.6 is 0 Å². The Morgan fingerprint density at radius 3 is 2.33 bits per heavy atom. The fraction of sp³-hybridized carbons (Fsp3) is 0.500. The number of benzene rings is 1. The van der Waals surface area contributed by atoms with Crippen molar-refractivity contribution in [1.29, 1.82) is 0 Å². The first-order valence-electron chi connectivity index (χ1n) is 5.67. The first kappa shape index (κ1) is 14.9. The molecule has 0 bridgehead atoms. The summed E-state index contributed by atoms with van der Waals surface area (Å²) in [7, 11) is -2.08. The van der Waals surface area contributed by atoms with Crippen molar-refractivity contribution < 1.29 is 18.3 Å². The molecule has 0 aliphatic heterocycles. The number of ether oxygens (including phenoxy) is 1. The summed E-state index contributed by atoms with van der Waals surface area (Å²) in [5, 5.41) is 9.77. The Bertz CT molecular complexity index is 479. The highest BCUT2D eigenvalue weighted by Crippen LogP contribution is 2.16. The van der Waals surface area contributed by atoms with Crippen LogP contribution in [0.5, 0.6) is 5.75 Å². The fourth-order valence-corrected chi connectivity index (χ4v) is 2.38. The maximum atomic E-state index is 11.9. The molecule has 5 nitrogen and oxygen atoms in total. The molecule has 2 N–H and O–H groups in total. The molecule has 0 fully saturated rings. The van der Waals surface area contributed by atoms with E-state index in [1.807, 2.05) is 0 Å². The summed E-state index contributed by atoms with van der Waals surface area (Å²) in [6, 6.07) is 6.07. The van der Waals surface area contributed by atoms with Crippen molar-refractivity contribution in [2.75, 3.05) is 13.7 Å². The van der Waals surface area contributed by atoms with Crippen molar-refractivity contribution in [3.63, 3.8) is 0 Å². The molecule has 6 heteroatoms. The second kappa shape index (κ2) is 5.69. The summed E-state index contributed by atoms with van der Waals surface area (Å²) in [6.07, 6.45) is 0.470. The average molecular weight is 273 g/mol. The third-order valence-electron chi connectivity index (χ3n) is 2.77. The lowest BCUT2D eigenvalue weighted by molar-refractivity contribution is 0.0613. The maximum Gasteiger partial charge on any atom is 0.240 e. The molecule has 1 unspecified atom stereocenters. The highest BCUT2D eigenvalue weighted by Gasteiger charge is 2.22. The monoisotopic (exact) mass is 273 g/mol. The number of aliphatic hydroxyl groups is 1. The van der Waals surface area contributed by atoms with E-state index in [1.165, 1.54) is 19.2 Å². The van der Waals surface area contributed by atoms with Gasteiger partial charge in [0.05, 0.1) is 17.6 Å². The summed E-state index contributed by atoms with van der Waals surface area (Å²) in [5.74, 6) is 0.592. The van der Waals surface area contributed by atoms with E-state index >= 15 is 0 Å². The first-order valence-corrected chi connectivity index (χ1v) is 7.15. The number of methoxy groups -OCH3 is 1. The van der Waals surface area contributed by atoms with Gasteiger partial charge in [0, 0.05) is 6.54 Å². The van der Waals surface area contributed by atoms with Crippen molar-refractivity contribution in [2.24, 2.45) is 0 Å². The van der Waals surface area contributed by atoms with E-state index in [9.17, 15) is 13.5 Å². The minimum atomic E-state index is -3.59. The second-order valence-corrected chi connectivity index (χ2v) is 6.12. The molecule has 102 valence electrons. The standard InChI is InChI=1S/C12H19NO4S/c1-4-12(2,14)9-13-18(15,16)11-7-5-10(17-3)6-8-11/h5-8,13-14H,4,9H2,1-3H3. The van der Waals surface area contributed by atoms with Gasteiger partial charge in [-0.3, -0.25) is 0 Å². The van der Waals surface area contributed by atoms with E-state index in [2.05, 4.69) is 4.72 Å². The largest absolute Gasteiger partial charge is 0.497 e. The third kappa shape index (κ3) is 3.97. The van der Waals surface area contributed by atoms with Crippen LogP contribution in [0.25, 0.3) is 0 Å². The first-order chi connectivity index (χ1) is 8.30. The Kier molecular flexibility index (Phi) is 4.72. The van der Waals surface area contributed by atoms with Crippen molar-refractivity contribution >= 4 is 10.0 Å². The van der Waals surface area contributed by atoms with Gasteiger partial charge in [0.1, 0.15) is 5.75 Å². The van der Waals surface area contributed by atoms with Gasteiger partial charge in [0.15, 0.2) is 0 Å². The van der Waals surface area contributed by atoms with E-state index in [0.717, 1.165) is 0 Å². The zero-order valence-electron chi connectivity index (χ0n) is 10.8. The highest BCUT2D eigenvalue weighted by atomic mass is 32.2. The molecule has 0 heterocycles. The lowest BCUT2D eigenvalue weighted by Gasteiger charge is -2.21. The molecule has 18 heavy (non-hydrogen) atoms. The van der Waals surface area contributed by atoms with Crippen molar-refractivity contribution in [2.45, 2.75) is 30.8 Å². The van der Waals surface area contributed by atoms with Crippen LogP contribution in [0.15, 0.2) is 29.2 Å². The Morgan fingerprint density at radius 1 is 1.33 bits per heavy atom. The van der Waals surface area contributed by atoms with Crippen molar-refractivity contribution in [3.05, 3.63) is 24.3 Å². The van der Waals surface area contributed by atoms with Gasteiger partial charge < -0.3 is 9.84 Å². The summed E-state index contributed by atoms with van der Waals surface area (Å²) >= 11 is 0. The van der Waals surface area contributed by atoms with E-state index in [4.69, 9.17) is 4.74 Å². The van der Waals surface area contributed by atoms with Crippen molar-refractivity contribution in [1.82, 2.24) is 4.72 Å². The van der Waals surface area contributed by atoms with Gasteiger partial charge in [-0.15, -0.1) is 0 Å². The van der Waals surface area contributed by atoms with Gasteiger partial charge in [0.2, 0.25) is 10.0 Å². The van der Waals surface area contributed by atoms with Gasteiger partial charge in [0.25, 0.3) is 0 Å². The average Bonchev–Trinajstić information content (AvgIpc) is 2.37. The number of hydrogen-bond donors (Lipinski definition) is 2. The quantitative estimate of drug-likeness (QED) is 0.815. The number of sulfonamides is 1. The highest BCUT2D eigenvalue weighted by molar-refractivity contribution is 7.89. The molecule has 0 radical (unpaired) electrons. The minimum Gasteiger partial charge on any atom is -0.497 e. The Morgan fingerprint density at radius 2 is 1.89 bits per heavy atom. The van der Waals surface area contributed by atoms with E-state index < -0.39 is 15.6 Å².